The summed E-state index contributed by atoms with van der Waals surface area (Å²) in [6.07, 6.45) is 0. The molecule has 2 aliphatic heterocycles. The first-order valence-electron chi connectivity index (χ1n) is 12.4. The van der Waals surface area contributed by atoms with Gasteiger partial charge in [-0.25, -0.2) is 0 Å². The highest BCUT2D eigenvalue weighted by Gasteiger charge is 2.52. The summed E-state index contributed by atoms with van der Waals surface area (Å²) in [5, 5.41) is 2.32. The smallest absolute Gasteiger partial charge is 0.482 e. The Balaban J connectivity index is 1.47. The lowest BCUT2D eigenvalue weighted by Gasteiger charge is -2.35. The van der Waals surface area contributed by atoms with Gasteiger partial charge in [0, 0.05) is 11.1 Å². The van der Waals surface area contributed by atoms with E-state index in [0.717, 1.165) is 27.7 Å². The molecule has 0 bridgehead atoms. The lowest BCUT2D eigenvalue weighted by atomic mass is 9.75. The van der Waals surface area contributed by atoms with Crippen LogP contribution in [0.25, 0.3) is 33.0 Å². The third kappa shape index (κ3) is 3.42. The molecular formula is C31H31BO3. The SMILES string of the molecule is CC1(C)Oc2cc(-c3ccc(B4OC(C)(C)C(C)(C)O4)c4ccccc34)ccc2-c2ccccc21. The van der Waals surface area contributed by atoms with Gasteiger partial charge < -0.3 is 14.0 Å². The molecule has 0 saturated carbocycles. The van der Waals surface area contributed by atoms with E-state index >= 15 is 0 Å². The van der Waals surface area contributed by atoms with E-state index in [-0.39, 0.29) is 16.8 Å². The fraction of sp³-hybridized carbons (Fsp3) is 0.290. The zero-order valence-corrected chi connectivity index (χ0v) is 21.3. The normalized spacial score (nSPS) is 19.2. The minimum absolute atomic E-state index is 0.379. The first kappa shape index (κ1) is 22.4. The van der Waals surface area contributed by atoms with Gasteiger partial charge in [-0.3, -0.25) is 0 Å². The summed E-state index contributed by atoms with van der Waals surface area (Å²) in [5.74, 6) is 0.922. The number of ether oxygens (including phenoxy) is 1. The van der Waals surface area contributed by atoms with Gasteiger partial charge in [-0.05, 0) is 80.5 Å². The largest absolute Gasteiger partial charge is 0.495 e. The van der Waals surface area contributed by atoms with Crippen LogP contribution in [0.1, 0.15) is 47.1 Å². The van der Waals surface area contributed by atoms with Gasteiger partial charge >= 0.3 is 7.12 Å². The molecule has 35 heavy (non-hydrogen) atoms. The van der Waals surface area contributed by atoms with E-state index in [1.165, 1.54) is 22.1 Å². The van der Waals surface area contributed by atoms with Gasteiger partial charge in [-0.1, -0.05) is 72.8 Å². The van der Waals surface area contributed by atoms with Gasteiger partial charge in [0.15, 0.2) is 0 Å². The minimum Gasteiger partial charge on any atom is -0.482 e. The molecule has 0 atom stereocenters. The molecule has 0 aliphatic carbocycles. The van der Waals surface area contributed by atoms with Crippen molar-refractivity contribution in [2.75, 3.05) is 0 Å². The summed E-state index contributed by atoms with van der Waals surface area (Å²) in [5.41, 5.74) is 5.83. The van der Waals surface area contributed by atoms with Gasteiger partial charge in [0.05, 0.1) is 11.2 Å². The Hall–Kier alpha value is -3.08. The monoisotopic (exact) mass is 462 g/mol. The van der Waals surface area contributed by atoms with Crippen molar-refractivity contribution in [3.05, 3.63) is 84.4 Å². The van der Waals surface area contributed by atoms with Crippen LogP contribution in [-0.4, -0.2) is 18.3 Å². The van der Waals surface area contributed by atoms with Crippen LogP contribution >= 0.6 is 0 Å². The lowest BCUT2D eigenvalue weighted by molar-refractivity contribution is 0.00578. The van der Waals surface area contributed by atoms with Crippen LogP contribution in [0.4, 0.5) is 0 Å². The summed E-state index contributed by atoms with van der Waals surface area (Å²) in [4.78, 5) is 0. The third-order valence-electron chi connectivity index (χ3n) is 7.99. The van der Waals surface area contributed by atoms with Crippen molar-refractivity contribution in [3.8, 4) is 28.0 Å². The molecule has 0 radical (unpaired) electrons. The van der Waals surface area contributed by atoms with Crippen LogP contribution in [0.3, 0.4) is 0 Å². The first-order chi connectivity index (χ1) is 16.6. The molecule has 4 heteroatoms. The van der Waals surface area contributed by atoms with E-state index in [9.17, 15) is 0 Å². The molecule has 0 amide bonds. The van der Waals surface area contributed by atoms with Crippen molar-refractivity contribution < 1.29 is 14.0 Å². The van der Waals surface area contributed by atoms with E-state index in [1.807, 2.05) is 0 Å². The van der Waals surface area contributed by atoms with Crippen molar-refractivity contribution >= 4 is 23.4 Å². The minimum atomic E-state index is -0.400. The second-order valence-corrected chi connectivity index (χ2v) is 11.2. The maximum atomic E-state index is 6.53. The van der Waals surface area contributed by atoms with Gasteiger partial charge in [0.2, 0.25) is 0 Å². The van der Waals surface area contributed by atoms with Crippen LogP contribution in [0.15, 0.2) is 78.9 Å². The van der Waals surface area contributed by atoms with Gasteiger partial charge in [0.25, 0.3) is 0 Å². The zero-order chi connectivity index (χ0) is 24.6. The van der Waals surface area contributed by atoms with Crippen LogP contribution in [0.5, 0.6) is 5.75 Å². The Kier molecular flexibility index (Phi) is 4.77. The Morgan fingerprint density at radius 1 is 0.600 bits per heavy atom. The van der Waals surface area contributed by atoms with E-state index in [0.29, 0.717) is 0 Å². The Morgan fingerprint density at radius 2 is 1.23 bits per heavy atom. The number of hydrogen-bond acceptors (Lipinski definition) is 3. The van der Waals surface area contributed by atoms with E-state index in [1.54, 1.807) is 0 Å². The molecular weight excluding hydrogens is 431 g/mol. The average Bonchev–Trinajstić information content (AvgIpc) is 3.04. The number of hydrogen-bond donors (Lipinski definition) is 0. The van der Waals surface area contributed by atoms with Crippen molar-refractivity contribution in [1.29, 1.82) is 0 Å². The molecule has 4 aromatic carbocycles. The molecule has 3 nitrogen and oxygen atoms in total. The Morgan fingerprint density at radius 3 is 1.97 bits per heavy atom. The standard InChI is InChI=1S/C31H31BO3/c1-29(2)26-14-10-9-12-23(26)25-16-15-20(19-28(25)33-29)21-17-18-27(24-13-8-7-11-22(21)24)32-34-30(3,4)31(5,6)35-32/h7-19H,1-6H3. The Labute approximate surface area is 208 Å². The predicted molar refractivity (Wildman–Crippen MR) is 144 cm³/mol. The van der Waals surface area contributed by atoms with E-state index in [4.69, 9.17) is 14.0 Å². The molecule has 2 aliphatic rings. The Bertz CT molecular complexity index is 1450. The summed E-state index contributed by atoms with van der Waals surface area (Å²) in [6.45, 7) is 12.6. The molecule has 4 aromatic rings. The molecule has 0 spiro atoms. The summed E-state index contributed by atoms with van der Waals surface area (Å²) < 4.78 is 19.3. The highest BCUT2D eigenvalue weighted by Crippen LogP contribution is 2.46. The summed E-state index contributed by atoms with van der Waals surface area (Å²) >= 11 is 0. The third-order valence-corrected chi connectivity index (χ3v) is 7.99. The predicted octanol–water partition coefficient (Wildman–Crippen LogP) is 7.10. The maximum absolute atomic E-state index is 6.53. The molecule has 0 N–H and O–H groups in total. The van der Waals surface area contributed by atoms with Crippen LogP contribution in [-0.2, 0) is 14.9 Å². The maximum Gasteiger partial charge on any atom is 0.495 e. The lowest BCUT2D eigenvalue weighted by Crippen LogP contribution is -2.41. The molecule has 2 heterocycles. The fourth-order valence-corrected chi connectivity index (χ4v) is 5.32. The first-order valence-corrected chi connectivity index (χ1v) is 12.4. The van der Waals surface area contributed by atoms with Crippen molar-refractivity contribution in [2.24, 2.45) is 0 Å². The molecule has 0 aromatic heterocycles. The molecule has 0 unspecified atom stereocenters. The van der Waals surface area contributed by atoms with Crippen LogP contribution in [0, 0.1) is 0 Å². The molecule has 1 saturated heterocycles. The highest BCUT2D eigenvalue weighted by molar-refractivity contribution is 6.65. The molecule has 176 valence electrons. The van der Waals surface area contributed by atoms with Gasteiger partial charge in [0.1, 0.15) is 11.4 Å². The van der Waals surface area contributed by atoms with Crippen molar-refractivity contribution in [2.45, 2.75) is 58.3 Å². The number of benzene rings is 4. The van der Waals surface area contributed by atoms with Crippen LogP contribution < -0.4 is 10.2 Å². The second kappa shape index (κ2) is 7.46. The topological polar surface area (TPSA) is 27.7 Å². The second-order valence-electron chi connectivity index (χ2n) is 11.2. The molecule has 6 rings (SSSR count). The van der Waals surface area contributed by atoms with Gasteiger partial charge in [-0.2, -0.15) is 0 Å². The van der Waals surface area contributed by atoms with Crippen molar-refractivity contribution in [3.63, 3.8) is 0 Å². The number of fused-ring (bicyclic) bond motifs is 4. The summed E-state index contributed by atoms with van der Waals surface area (Å²) in [6, 6.07) is 28.0. The summed E-state index contributed by atoms with van der Waals surface area (Å²) in [7, 11) is -0.400. The van der Waals surface area contributed by atoms with E-state index in [2.05, 4.69) is 120 Å². The van der Waals surface area contributed by atoms with E-state index < -0.39 is 7.12 Å². The number of rotatable bonds is 2. The molecule has 1 fully saturated rings. The average molecular weight is 462 g/mol. The van der Waals surface area contributed by atoms with Gasteiger partial charge in [-0.15, -0.1) is 0 Å². The van der Waals surface area contributed by atoms with Crippen LogP contribution in [0.2, 0.25) is 0 Å². The quantitative estimate of drug-likeness (QED) is 0.298. The highest BCUT2D eigenvalue weighted by atomic mass is 16.7. The zero-order valence-electron chi connectivity index (χ0n) is 21.3. The van der Waals surface area contributed by atoms with Crippen molar-refractivity contribution in [1.82, 2.24) is 0 Å². The fourth-order valence-electron chi connectivity index (χ4n) is 5.32.